The summed E-state index contributed by atoms with van der Waals surface area (Å²) in [7, 11) is 0. The quantitative estimate of drug-likeness (QED) is 0.386. The molecule has 8 atom stereocenters. The second-order valence-electron chi connectivity index (χ2n) is 8.99. The first-order chi connectivity index (χ1) is 12.9. The number of aldehydes is 1. The number of carboxylic acids is 1. The number of aliphatic carboxylic acids is 1. The number of carbonyl (C=O) groups excluding carboxylic acids is 1. The topological polar surface area (TPSA) is 94.8 Å². The van der Waals surface area contributed by atoms with Gasteiger partial charge in [0.1, 0.15) is 12.5 Å². The third-order valence-corrected chi connectivity index (χ3v) is 8.00. The van der Waals surface area contributed by atoms with Crippen LogP contribution in [0.2, 0.25) is 0 Å². The summed E-state index contributed by atoms with van der Waals surface area (Å²) in [6.07, 6.45) is 0.909. The summed E-state index contributed by atoms with van der Waals surface area (Å²) in [6.45, 7) is 4.69. The van der Waals surface area contributed by atoms with Gasteiger partial charge >= 0.3 is 5.97 Å². The van der Waals surface area contributed by atoms with Gasteiger partial charge < -0.3 is 15.3 Å². The van der Waals surface area contributed by atoms with Crippen LogP contribution in [-0.4, -0.2) is 51.1 Å². The van der Waals surface area contributed by atoms with Crippen LogP contribution in [0.1, 0.15) is 46.5 Å². The molecule has 3 N–H and O–H groups in total. The normalized spacial score (nSPS) is 52.5. The van der Waals surface area contributed by atoms with Crippen molar-refractivity contribution in [2.75, 3.05) is 0 Å². The SMILES string of the molecule is C/C=C\C1(C)/C(=C\C=O)[C@@H](F)CC2C3CC[C@](O)(C(=O)O)C3(C)CC(O)[C@@]21F. The Kier molecular flexibility index (Phi) is 4.87. The van der Waals surface area contributed by atoms with E-state index in [0.29, 0.717) is 6.29 Å². The van der Waals surface area contributed by atoms with E-state index in [1.54, 1.807) is 19.9 Å². The first-order valence-electron chi connectivity index (χ1n) is 9.70. The van der Waals surface area contributed by atoms with Crippen molar-refractivity contribution in [3.8, 4) is 0 Å². The first-order valence-corrected chi connectivity index (χ1v) is 9.70. The number of aliphatic hydroxyl groups excluding tert-OH is 1. The molecular formula is C21H28F2O5. The molecule has 28 heavy (non-hydrogen) atoms. The van der Waals surface area contributed by atoms with Crippen molar-refractivity contribution in [2.45, 2.75) is 70.0 Å². The minimum absolute atomic E-state index is 0.0199. The third-order valence-electron chi connectivity index (χ3n) is 8.00. The molecule has 0 saturated heterocycles. The summed E-state index contributed by atoms with van der Waals surface area (Å²) in [5.74, 6) is -3.00. The summed E-state index contributed by atoms with van der Waals surface area (Å²) in [4.78, 5) is 22.9. The van der Waals surface area contributed by atoms with E-state index in [2.05, 4.69) is 0 Å². The fraction of sp³-hybridized carbons (Fsp3) is 0.714. The molecule has 0 bridgehead atoms. The summed E-state index contributed by atoms with van der Waals surface area (Å²) in [6, 6.07) is 0. The van der Waals surface area contributed by atoms with Crippen molar-refractivity contribution in [2.24, 2.45) is 22.7 Å². The number of fused-ring (bicyclic) bond motifs is 3. The van der Waals surface area contributed by atoms with E-state index in [0.717, 1.165) is 6.08 Å². The Morgan fingerprint density at radius 2 is 1.93 bits per heavy atom. The van der Waals surface area contributed by atoms with Gasteiger partial charge in [0.25, 0.3) is 0 Å². The van der Waals surface area contributed by atoms with Crippen molar-refractivity contribution in [1.29, 1.82) is 0 Å². The molecule has 156 valence electrons. The maximum Gasteiger partial charge on any atom is 0.336 e. The van der Waals surface area contributed by atoms with Gasteiger partial charge in [-0.2, -0.15) is 0 Å². The monoisotopic (exact) mass is 398 g/mol. The van der Waals surface area contributed by atoms with E-state index in [9.17, 15) is 24.9 Å². The Morgan fingerprint density at radius 1 is 1.29 bits per heavy atom. The lowest BCUT2D eigenvalue weighted by atomic mass is 9.45. The van der Waals surface area contributed by atoms with Crippen LogP contribution in [-0.2, 0) is 9.59 Å². The average molecular weight is 398 g/mol. The minimum Gasteiger partial charge on any atom is -0.479 e. The number of hydrogen-bond acceptors (Lipinski definition) is 4. The lowest BCUT2D eigenvalue weighted by molar-refractivity contribution is -0.226. The van der Waals surface area contributed by atoms with Crippen LogP contribution in [0.15, 0.2) is 23.8 Å². The smallest absolute Gasteiger partial charge is 0.336 e. The predicted molar refractivity (Wildman–Crippen MR) is 98.0 cm³/mol. The van der Waals surface area contributed by atoms with Gasteiger partial charge in [0.05, 0.1) is 6.10 Å². The van der Waals surface area contributed by atoms with Crippen LogP contribution in [0, 0.1) is 22.7 Å². The van der Waals surface area contributed by atoms with Crippen LogP contribution in [0.5, 0.6) is 0 Å². The Hall–Kier alpha value is -1.60. The zero-order valence-electron chi connectivity index (χ0n) is 16.4. The molecule has 0 aromatic carbocycles. The van der Waals surface area contributed by atoms with Gasteiger partial charge in [-0.1, -0.05) is 19.1 Å². The number of carbonyl (C=O) groups is 2. The van der Waals surface area contributed by atoms with Crippen molar-refractivity contribution < 1.29 is 33.7 Å². The van der Waals surface area contributed by atoms with Gasteiger partial charge in [0.15, 0.2) is 11.3 Å². The van der Waals surface area contributed by atoms with Gasteiger partial charge in [-0.3, -0.25) is 4.79 Å². The molecule has 3 saturated carbocycles. The minimum atomic E-state index is -2.29. The van der Waals surface area contributed by atoms with E-state index in [-0.39, 0.29) is 31.3 Å². The molecule has 0 aromatic heterocycles. The molecular weight excluding hydrogens is 370 g/mol. The number of alkyl halides is 2. The predicted octanol–water partition coefficient (Wildman–Crippen LogP) is 2.76. The number of aliphatic hydroxyl groups is 2. The van der Waals surface area contributed by atoms with E-state index in [1.165, 1.54) is 13.0 Å². The van der Waals surface area contributed by atoms with Crippen molar-refractivity contribution in [1.82, 2.24) is 0 Å². The number of carboxylic acid groups (broad SMARTS) is 1. The first kappa shape index (κ1) is 21.1. The van der Waals surface area contributed by atoms with Crippen molar-refractivity contribution in [3.63, 3.8) is 0 Å². The number of rotatable bonds is 3. The summed E-state index contributed by atoms with van der Waals surface area (Å²) in [5, 5.41) is 31.4. The Bertz CT molecular complexity index is 751. The molecule has 7 heteroatoms. The molecule has 0 amide bonds. The highest BCUT2D eigenvalue weighted by Crippen LogP contribution is 2.69. The average Bonchev–Trinajstić information content (AvgIpc) is 2.87. The van der Waals surface area contributed by atoms with E-state index < -0.39 is 52.2 Å². The molecule has 5 unspecified atom stereocenters. The van der Waals surface area contributed by atoms with E-state index in [1.807, 2.05) is 0 Å². The second kappa shape index (κ2) is 6.46. The molecule has 3 aliphatic rings. The van der Waals surface area contributed by atoms with Gasteiger partial charge in [-0.05, 0) is 57.1 Å². The van der Waals surface area contributed by atoms with Crippen LogP contribution in [0.4, 0.5) is 8.78 Å². The van der Waals surface area contributed by atoms with Gasteiger partial charge in [0.2, 0.25) is 0 Å². The zero-order valence-corrected chi connectivity index (χ0v) is 16.4. The van der Waals surface area contributed by atoms with Gasteiger partial charge in [0, 0.05) is 16.7 Å². The fourth-order valence-electron chi connectivity index (χ4n) is 6.55. The second-order valence-corrected chi connectivity index (χ2v) is 8.99. The number of halogens is 2. The Morgan fingerprint density at radius 3 is 2.46 bits per heavy atom. The highest BCUT2D eigenvalue weighted by Gasteiger charge is 2.75. The molecule has 3 fully saturated rings. The van der Waals surface area contributed by atoms with Crippen LogP contribution in [0.25, 0.3) is 0 Å². The number of hydrogen-bond donors (Lipinski definition) is 3. The van der Waals surface area contributed by atoms with Gasteiger partial charge in [-0.25, -0.2) is 13.6 Å². The highest BCUT2D eigenvalue weighted by atomic mass is 19.1. The summed E-state index contributed by atoms with van der Waals surface area (Å²) in [5.41, 5.74) is -7.24. The van der Waals surface area contributed by atoms with E-state index in [4.69, 9.17) is 0 Å². The van der Waals surface area contributed by atoms with Crippen molar-refractivity contribution in [3.05, 3.63) is 23.8 Å². The maximum atomic E-state index is 16.8. The lowest BCUT2D eigenvalue weighted by Crippen LogP contribution is -2.70. The molecule has 0 spiro atoms. The molecule has 3 aliphatic carbocycles. The fourth-order valence-corrected chi connectivity index (χ4v) is 6.55. The van der Waals surface area contributed by atoms with Crippen molar-refractivity contribution >= 4 is 12.3 Å². The maximum absolute atomic E-state index is 16.8. The Labute approximate surface area is 163 Å². The molecule has 5 nitrogen and oxygen atoms in total. The van der Waals surface area contributed by atoms with E-state index >= 15 is 8.78 Å². The van der Waals surface area contributed by atoms with Crippen LogP contribution < -0.4 is 0 Å². The summed E-state index contributed by atoms with van der Waals surface area (Å²) < 4.78 is 32.0. The Balaban J connectivity index is 2.20. The molecule has 0 aliphatic heterocycles. The zero-order chi connectivity index (χ0) is 21.1. The molecule has 0 radical (unpaired) electrons. The molecule has 3 rings (SSSR count). The van der Waals surface area contributed by atoms with Gasteiger partial charge in [-0.15, -0.1) is 0 Å². The molecule has 0 aromatic rings. The van der Waals surface area contributed by atoms with Crippen LogP contribution in [0.3, 0.4) is 0 Å². The van der Waals surface area contributed by atoms with Crippen LogP contribution >= 0.6 is 0 Å². The summed E-state index contributed by atoms with van der Waals surface area (Å²) >= 11 is 0. The third kappa shape index (κ3) is 2.29. The number of allylic oxidation sites excluding steroid dienone is 4. The largest absolute Gasteiger partial charge is 0.479 e. The molecule has 0 heterocycles. The highest BCUT2D eigenvalue weighted by molar-refractivity contribution is 5.79. The standard InChI is InChI=1S/C21H28F2O5/c1-4-7-18(2)13(6-9-24)15(22)10-14-12-5-8-20(28,17(26)27)19(12,3)11-16(25)21(14,18)23/h4,6-7,9,12,14-16,25,28H,5,8,10-11H2,1-3H3,(H,26,27)/b7-4-,13-6-/t12?,14?,15-,16?,18?,19?,20-,21-/m0/s1. The lowest BCUT2D eigenvalue weighted by Gasteiger charge is -2.62.